The zero-order valence-corrected chi connectivity index (χ0v) is 9.27. The van der Waals surface area contributed by atoms with Crippen molar-refractivity contribution in [3.63, 3.8) is 0 Å². The number of nitrogens with two attached hydrogens (primary N) is 1. The van der Waals surface area contributed by atoms with Gasteiger partial charge in [0.05, 0.1) is 5.02 Å². The molecule has 2 unspecified atom stereocenters. The predicted octanol–water partition coefficient (Wildman–Crippen LogP) is 2.56. The molecule has 2 atom stereocenters. The first-order valence-corrected chi connectivity index (χ1v) is 5.39. The van der Waals surface area contributed by atoms with Gasteiger partial charge in [0.15, 0.2) is 0 Å². The first-order chi connectivity index (χ1) is 6.11. The van der Waals surface area contributed by atoms with Crippen molar-refractivity contribution in [3.05, 3.63) is 23.4 Å². The van der Waals surface area contributed by atoms with E-state index < -0.39 is 0 Å². The van der Waals surface area contributed by atoms with Crippen molar-refractivity contribution in [1.82, 2.24) is 4.98 Å². The highest BCUT2D eigenvalue weighted by atomic mass is 35.5. The minimum atomic E-state index is 0.142. The van der Waals surface area contributed by atoms with Crippen LogP contribution in [0.15, 0.2) is 23.4 Å². The highest BCUT2D eigenvalue weighted by Gasteiger charge is 2.11. The number of pyridine rings is 1. The summed E-state index contributed by atoms with van der Waals surface area (Å²) in [5, 5.41) is 1.88. The summed E-state index contributed by atoms with van der Waals surface area (Å²) < 4.78 is 0. The van der Waals surface area contributed by atoms with Gasteiger partial charge in [-0.05, 0) is 19.1 Å². The van der Waals surface area contributed by atoms with E-state index >= 15 is 0 Å². The number of aromatic nitrogens is 1. The third-order valence-corrected chi connectivity index (χ3v) is 3.53. The molecule has 0 aromatic carbocycles. The van der Waals surface area contributed by atoms with E-state index in [-0.39, 0.29) is 6.04 Å². The van der Waals surface area contributed by atoms with Gasteiger partial charge in [-0.1, -0.05) is 18.5 Å². The molecule has 1 heterocycles. The van der Waals surface area contributed by atoms with Gasteiger partial charge in [-0.3, -0.25) is 0 Å². The Balaban J connectivity index is 2.69. The largest absolute Gasteiger partial charge is 0.327 e. The van der Waals surface area contributed by atoms with Gasteiger partial charge in [0.25, 0.3) is 0 Å². The second-order valence-electron chi connectivity index (χ2n) is 2.97. The molecule has 2 N–H and O–H groups in total. The fourth-order valence-corrected chi connectivity index (χ4v) is 1.87. The van der Waals surface area contributed by atoms with Crippen LogP contribution in [0.5, 0.6) is 0 Å². The SMILES string of the molecule is CC(N)C(C)Sc1ncccc1Cl. The van der Waals surface area contributed by atoms with Gasteiger partial charge in [-0.25, -0.2) is 4.98 Å². The number of hydrogen-bond acceptors (Lipinski definition) is 3. The standard InChI is InChI=1S/C9H13ClN2S/c1-6(11)7(2)13-9-8(10)4-3-5-12-9/h3-7H,11H2,1-2H3. The molecule has 0 radical (unpaired) electrons. The Morgan fingerprint density at radius 3 is 2.77 bits per heavy atom. The molecular formula is C9H13ClN2S. The molecule has 0 aliphatic heterocycles. The molecule has 0 aliphatic rings. The lowest BCUT2D eigenvalue weighted by Gasteiger charge is -2.14. The molecule has 1 aromatic heterocycles. The van der Waals surface area contributed by atoms with Crippen molar-refractivity contribution in [2.45, 2.75) is 30.2 Å². The van der Waals surface area contributed by atoms with E-state index in [2.05, 4.69) is 11.9 Å². The molecule has 0 saturated carbocycles. The van der Waals surface area contributed by atoms with Crippen molar-refractivity contribution >= 4 is 23.4 Å². The van der Waals surface area contributed by atoms with Crippen LogP contribution in [0.2, 0.25) is 5.02 Å². The van der Waals surface area contributed by atoms with Gasteiger partial charge >= 0.3 is 0 Å². The molecule has 0 bridgehead atoms. The van der Waals surface area contributed by atoms with Crippen molar-refractivity contribution in [2.24, 2.45) is 5.73 Å². The number of hydrogen-bond donors (Lipinski definition) is 1. The highest BCUT2D eigenvalue weighted by molar-refractivity contribution is 8.00. The Morgan fingerprint density at radius 1 is 1.54 bits per heavy atom. The Hall–Kier alpha value is -0.250. The monoisotopic (exact) mass is 216 g/mol. The smallest absolute Gasteiger partial charge is 0.115 e. The molecule has 1 rings (SSSR count). The number of rotatable bonds is 3. The maximum Gasteiger partial charge on any atom is 0.115 e. The molecule has 4 heteroatoms. The summed E-state index contributed by atoms with van der Waals surface area (Å²) in [5.41, 5.74) is 5.74. The molecule has 0 amide bonds. The lowest BCUT2D eigenvalue weighted by molar-refractivity contribution is 0.729. The Kier molecular flexibility index (Phi) is 4.03. The minimum absolute atomic E-state index is 0.142. The van der Waals surface area contributed by atoms with E-state index in [1.807, 2.05) is 19.1 Å². The van der Waals surface area contributed by atoms with Crippen LogP contribution in [0.25, 0.3) is 0 Å². The first kappa shape index (κ1) is 10.8. The predicted molar refractivity (Wildman–Crippen MR) is 58.2 cm³/mol. The van der Waals surface area contributed by atoms with Crippen molar-refractivity contribution in [3.8, 4) is 0 Å². The maximum atomic E-state index is 5.95. The van der Waals surface area contributed by atoms with Crippen LogP contribution in [-0.2, 0) is 0 Å². The lowest BCUT2D eigenvalue weighted by atomic mass is 10.3. The highest BCUT2D eigenvalue weighted by Crippen LogP contribution is 2.28. The summed E-state index contributed by atoms with van der Waals surface area (Å²) in [7, 11) is 0. The molecule has 1 aromatic rings. The van der Waals surface area contributed by atoms with Crippen molar-refractivity contribution < 1.29 is 0 Å². The summed E-state index contributed by atoms with van der Waals surface area (Å²) in [5.74, 6) is 0. The molecule has 2 nitrogen and oxygen atoms in total. The first-order valence-electron chi connectivity index (χ1n) is 4.14. The van der Waals surface area contributed by atoms with Gasteiger partial charge in [-0.15, -0.1) is 11.8 Å². The van der Waals surface area contributed by atoms with Gasteiger partial charge in [0, 0.05) is 17.5 Å². The van der Waals surface area contributed by atoms with E-state index in [0.29, 0.717) is 10.3 Å². The summed E-state index contributed by atoms with van der Waals surface area (Å²) in [6, 6.07) is 3.80. The molecule has 72 valence electrons. The third kappa shape index (κ3) is 3.18. The number of halogens is 1. The summed E-state index contributed by atoms with van der Waals surface area (Å²) >= 11 is 7.56. The van der Waals surface area contributed by atoms with Crippen LogP contribution in [0.1, 0.15) is 13.8 Å². The zero-order chi connectivity index (χ0) is 9.84. The maximum absolute atomic E-state index is 5.95. The van der Waals surface area contributed by atoms with Crippen LogP contribution in [0.4, 0.5) is 0 Å². The molecule has 0 aliphatic carbocycles. The molecular weight excluding hydrogens is 204 g/mol. The summed E-state index contributed by atoms with van der Waals surface area (Å²) in [6.07, 6.45) is 1.74. The van der Waals surface area contributed by atoms with E-state index in [4.69, 9.17) is 17.3 Å². The fourth-order valence-electron chi connectivity index (χ4n) is 0.741. The minimum Gasteiger partial charge on any atom is -0.327 e. The van der Waals surface area contributed by atoms with E-state index in [9.17, 15) is 0 Å². The zero-order valence-electron chi connectivity index (χ0n) is 7.70. The Morgan fingerprint density at radius 2 is 2.23 bits per heavy atom. The van der Waals surface area contributed by atoms with Gasteiger partial charge in [0.1, 0.15) is 5.03 Å². The quantitative estimate of drug-likeness (QED) is 0.790. The average molecular weight is 217 g/mol. The molecule has 0 spiro atoms. The van der Waals surface area contributed by atoms with Crippen LogP contribution >= 0.6 is 23.4 Å². The van der Waals surface area contributed by atoms with E-state index in [1.165, 1.54) is 0 Å². The van der Waals surface area contributed by atoms with Gasteiger partial charge < -0.3 is 5.73 Å². The van der Waals surface area contributed by atoms with Crippen LogP contribution in [0.3, 0.4) is 0 Å². The summed E-state index contributed by atoms with van der Waals surface area (Å²) in [6.45, 7) is 4.05. The van der Waals surface area contributed by atoms with Gasteiger partial charge in [0.2, 0.25) is 0 Å². The summed E-state index contributed by atoms with van der Waals surface area (Å²) in [4.78, 5) is 4.18. The fraction of sp³-hybridized carbons (Fsp3) is 0.444. The van der Waals surface area contributed by atoms with E-state index in [1.54, 1.807) is 18.0 Å². The lowest BCUT2D eigenvalue weighted by Crippen LogP contribution is -2.26. The number of thioether (sulfide) groups is 1. The second-order valence-corrected chi connectivity index (χ2v) is 4.75. The average Bonchev–Trinajstić information content (AvgIpc) is 2.08. The molecule has 0 saturated heterocycles. The van der Waals surface area contributed by atoms with Crippen molar-refractivity contribution in [1.29, 1.82) is 0 Å². The van der Waals surface area contributed by atoms with Gasteiger partial charge in [-0.2, -0.15) is 0 Å². The van der Waals surface area contributed by atoms with Crippen LogP contribution < -0.4 is 5.73 Å². The second kappa shape index (κ2) is 4.84. The Labute approximate surface area is 87.9 Å². The van der Waals surface area contributed by atoms with Crippen LogP contribution in [0, 0.1) is 0 Å². The van der Waals surface area contributed by atoms with E-state index in [0.717, 1.165) is 5.03 Å². The molecule has 0 fully saturated rings. The molecule has 13 heavy (non-hydrogen) atoms. The topological polar surface area (TPSA) is 38.9 Å². The van der Waals surface area contributed by atoms with Crippen molar-refractivity contribution in [2.75, 3.05) is 0 Å². The third-order valence-electron chi connectivity index (χ3n) is 1.76. The Bertz CT molecular complexity index is 278. The number of nitrogens with zero attached hydrogens (tertiary/aromatic N) is 1. The van der Waals surface area contributed by atoms with Crippen LogP contribution in [-0.4, -0.2) is 16.3 Å². The normalized spacial score (nSPS) is 15.4.